The molecule has 1 atom stereocenters. The Balaban J connectivity index is 2.39. The standard InChI is InChI=1S/C12H18BrNO3S2/c1-2-14(5-10-3-4-11(13)19-10)12(17)8-18-7-9(16)6-15/h3-4,9,15-16H,2,5-8H2,1H3. The first-order valence-electron chi connectivity index (χ1n) is 5.95. The summed E-state index contributed by atoms with van der Waals surface area (Å²) in [6.45, 7) is 2.97. The first-order chi connectivity index (χ1) is 9.06. The van der Waals surface area contributed by atoms with Crippen molar-refractivity contribution in [1.29, 1.82) is 0 Å². The maximum atomic E-state index is 12.0. The molecule has 0 radical (unpaired) electrons. The first kappa shape index (κ1) is 17.0. The predicted octanol–water partition coefficient (Wildman–Crippen LogP) is 1.95. The number of aliphatic hydroxyl groups is 2. The van der Waals surface area contributed by atoms with Gasteiger partial charge in [0.05, 0.1) is 28.8 Å². The molecule has 1 amide bonds. The molecule has 0 aliphatic heterocycles. The van der Waals surface area contributed by atoms with Crippen LogP contribution in [-0.4, -0.2) is 51.8 Å². The van der Waals surface area contributed by atoms with Crippen LogP contribution in [0.3, 0.4) is 0 Å². The molecule has 0 bridgehead atoms. The van der Waals surface area contributed by atoms with Crippen LogP contribution in [0.5, 0.6) is 0 Å². The molecule has 108 valence electrons. The van der Waals surface area contributed by atoms with E-state index in [0.29, 0.717) is 24.6 Å². The van der Waals surface area contributed by atoms with E-state index in [9.17, 15) is 9.90 Å². The molecule has 0 aliphatic rings. The van der Waals surface area contributed by atoms with Gasteiger partial charge in [-0.15, -0.1) is 23.1 Å². The van der Waals surface area contributed by atoms with Crippen LogP contribution >= 0.6 is 39.0 Å². The van der Waals surface area contributed by atoms with Crippen LogP contribution in [0.25, 0.3) is 0 Å². The largest absolute Gasteiger partial charge is 0.394 e. The summed E-state index contributed by atoms with van der Waals surface area (Å²) in [5, 5.41) is 17.9. The lowest BCUT2D eigenvalue weighted by atomic mass is 10.4. The molecule has 0 aliphatic carbocycles. The topological polar surface area (TPSA) is 60.8 Å². The first-order valence-corrected chi connectivity index (χ1v) is 8.71. The fourth-order valence-electron chi connectivity index (χ4n) is 1.43. The summed E-state index contributed by atoms with van der Waals surface area (Å²) in [4.78, 5) is 14.9. The second-order valence-corrected chi connectivity index (χ2v) is 7.54. The van der Waals surface area contributed by atoms with E-state index >= 15 is 0 Å². The zero-order valence-electron chi connectivity index (χ0n) is 10.7. The average Bonchev–Trinajstić information content (AvgIpc) is 2.81. The highest BCUT2D eigenvalue weighted by atomic mass is 79.9. The van der Waals surface area contributed by atoms with Crippen LogP contribution in [0.4, 0.5) is 0 Å². The van der Waals surface area contributed by atoms with E-state index in [0.717, 1.165) is 8.66 Å². The number of carbonyl (C=O) groups excluding carboxylic acids is 1. The third-order valence-corrected chi connectivity index (χ3v) is 5.14. The number of hydrogen-bond acceptors (Lipinski definition) is 5. The minimum atomic E-state index is -0.749. The second-order valence-electron chi connectivity index (χ2n) is 3.97. The van der Waals surface area contributed by atoms with Crippen LogP contribution in [0, 0.1) is 0 Å². The van der Waals surface area contributed by atoms with Gasteiger partial charge in [-0.1, -0.05) is 0 Å². The molecule has 19 heavy (non-hydrogen) atoms. The van der Waals surface area contributed by atoms with Crippen molar-refractivity contribution >= 4 is 44.9 Å². The van der Waals surface area contributed by atoms with Crippen LogP contribution in [0.15, 0.2) is 15.9 Å². The molecule has 1 aromatic heterocycles. The molecule has 0 saturated heterocycles. The van der Waals surface area contributed by atoms with Crippen molar-refractivity contribution in [3.8, 4) is 0 Å². The molecule has 1 aromatic rings. The Labute approximate surface area is 129 Å². The van der Waals surface area contributed by atoms with Crippen LogP contribution in [0.1, 0.15) is 11.8 Å². The molecule has 1 heterocycles. The number of aliphatic hydroxyl groups excluding tert-OH is 2. The van der Waals surface area contributed by atoms with E-state index < -0.39 is 6.10 Å². The Morgan fingerprint density at radius 2 is 2.32 bits per heavy atom. The zero-order valence-corrected chi connectivity index (χ0v) is 13.9. The summed E-state index contributed by atoms with van der Waals surface area (Å²) in [7, 11) is 0. The van der Waals surface area contributed by atoms with E-state index in [2.05, 4.69) is 15.9 Å². The molecule has 0 fully saturated rings. The average molecular weight is 368 g/mol. The summed E-state index contributed by atoms with van der Waals surface area (Å²) in [6, 6.07) is 3.98. The van der Waals surface area contributed by atoms with E-state index in [4.69, 9.17) is 5.11 Å². The molecule has 2 N–H and O–H groups in total. The molecule has 0 saturated carbocycles. The molecule has 0 spiro atoms. The number of nitrogens with zero attached hydrogens (tertiary/aromatic N) is 1. The molecule has 1 rings (SSSR count). The predicted molar refractivity (Wildman–Crippen MR) is 83.5 cm³/mol. The summed E-state index contributed by atoms with van der Waals surface area (Å²) >= 11 is 6.38. The number of halogens is 1. The van der Waals surface area contributed by atoms with Crippen molar-refractivity contribution in [2.45, 2.75) is 19.6 Å². The summed E-state index contributed by atoms with van der Waals surface area (Å²) in [5.74, 6) is 0.768. The number of carbonyl (C=O) groups is 1. The van der Waals surface area contributed by atoms with Gasteiger partial charge in [0.1, 0.15) is 0 Å². The van der Waals surface area contributed by atoms with Crippen molar-refractivity contribution in [3.05, 3.63) is 20.8 Å². The number of amides is 1. The lowest BCUT2D eigenvalue weighted by molar-refractivity contribution is -0.128. The minimum Gasteiger partial charge on any atom is -0.394 e. The van der Waals surface area contributed by atoms with Crippen molar-refractivity contribution in [1.82, 2.24) is 4.90 Å². The molecular weight excluding hydrogens is 350 g/mol. The van der Waals surface area contributed by atoms with Crippen molar-refractivity contribution < 1.29 is 15.0 Å². The Bertz CT molecular complexity index is 400. The molecular formula is C12H18BrNO3S2. The van der Waals surface area contributed by atoms with Gasteiger partial charge in [-0.2, -0.15) is 0 Å². The molecule has 1 unspecified atom stereocenters. The fourth-order valence-corrected chi connectivity index (χ4v) is 3.78. The number of rotatable bonds is 8. The highest BCUT2D eigenvalue weighted by molar-refractivity contribution is 9.11. The van der Waals surface area contributed by atoms with E-state index in [1.54, 1.807) is 16.2 Å². The quantitative estimate of drug-likeness (QED) is 0.736. The van der Waals surface area contributed by atoms with Crippen molar-refractivity contribution in [2.24, 2.45) is 0 Å². The van der Waals surface area contributed by atoms with E-state index in [1.807, 2.05) is 19.1 Å². The van der Waals surface area contributed by atoms with E-state index in [1.165, 1.54) is 11.8 Å². The zero-order chi connectivity index (χ0) is 14.3. The Morgan fingerprint density at radius 3 is 2.84 bits per heavy atom. The van der Waals surface area contributed by atoms with Crippen LogP contribution in [-0.2, 0) is 11.3 Å². The number of hydrogen-bond donors (Lipinski definition) is 2. The summed E-state index contributed by atoms with van der Waals surface area (Å²) < 4.78 is 1.06. The lowest BCUT2D eigenvalue weighted by Gasteiger charge is -2.20. The molecule has 7 heteroatoms. The van der Waals surface area contributed by atoms with Gasteiger partial charge >= 0.3 is 0 Å². The molecule has 4 nitrogen and oxygen atoms in total. The molecule has 0 aromatic carbocycles. The maximum Gasteiger partial charge on any atom is 0.232 e. The van der Waals surface area contributed by atoms with Gasteiger partial charge in [0.2, 0.25) is 5.91 Å². The van der Waals surface area contributed by atoms with Crippen LogP contribution in [0.2, 0.25) is 0 Å². The number of thioether (sulfide) groups is 1. The number of thiophene rings is 1. The Morgan fingerprint density at radius 1 is 1.58 bits per heavy atom. The normalized spacial score (nSPS) is 12.4. The second kappa shape index (κ2) is 8.97. The van der Waals surface area contributed by atoms with Gasteiger partial charge in [-0.25, -0.2) is 0 Å². The fraction of sp³-hybridized carbons (Fsp3) is 0.583. The van der Waals surface area contributed by atoms with Gasteiger partial charge in [0.25, 0.3) is 0 Å². The van der Waals surface area contributed by atoms with Crippen molar-refractivity contribution in [2.75, 3.05) is 24.7 Å². The third-order valence-electron chi connectivity index (χ3n) is 2.46. The third kappa shape index (κ3) is 6.27. The smallest absolute Gasteiger partial charge is 0.232 e. The van der Waals surface area contributed by atoms with Gasteiger partial charge in [0, 0.05) is 17.2 Å². The van der Waals surface area contributed by atoms with Gasteiger partial charge < -0.3 is 15.1 Å². The minimum absolute atomic E-state index is 0.0576. The lowest BCUT2D eigenvalue weighted by Crippen LogP contribution is -2.32. The Hall–Kier alpha value is -0.0800. The summed E-state index contributed by atoms with van der Waals surface area (Å²) in [6.07, 6.45) is -0.749. The Kier molecular flexibility index (Phi) is 8.01. The SMILES string of the molecule is CCN(Cc1ccc(Br)s1)C(=O)CSCC(O)CO. The van der Waals surface area contributed by atoms with Gasteiger partial charge in [-0.05, 0) is 35.0 Å². The van der Waals surface area contributed by atoms with Crippen molar-refractivity contribution in [3.63, 3.8) is 0 Å². The van der Waals surface area contributed by atoms with Gasteiger partial charge in [-0.3, -0.25) is 4.79 Å². The summed E-state index contributed by atoms with van der Waals surface area (Å²) in [5.41, 5.74) is 0. The monoisotopic (exact) mass is 367 g/mol. The van der Waals surface area contributed by atoms with Gasteiger partial charge in [0.15, 0.2) is 0 Å². The maximum absolute atomic E-state index is 12.0. The highest BCUT2D eigenvalue weighted by Crippen LogP contribution is 2.23. The van der Waals surface area contributed by atoms with Crippen LogP contribution < -0.4 is 0 Å². The highest BCUT2D eigenvalue weighted by Gasteiger charge is 2.14. The van der Waals surface area contributed by atoms with E-state index in [-0.39, 0.29) is 12.5 Å².